The van der Waals surface area contributed by atoms with Crippen LogP contribution in [0.15, 0.2) is 24.3 Å². The molecule has 1 fully saturated rings. The highest BCUT2D eigenvalue weighted by Gasteiger charge is 2.27. The minimum Gasteiger partial charge on any atom is -0.380 e. The summed E-state index contributed by atoms with van der Waals surface area (Å²) in [6, 6.07) is 5.65. The number of aryl methyl sites for hydroxylation is 1. The molecule has 1 unspecified atom stereocenters. The van der Waals surface area contributed by atoms with Crippen molar-refractivity contribution in [2.75, 3.05) is 18.4 Å². The minimum absolute atomic E-state index is 0.00451. The molecule has 0 saturated carbocycles. The fourth-order valence-corrected chi connectivity index (χ4v) is 3.40. The van der Waals surface area contributed by atoms with Crippen LogP contribution in [0, 0.1) is 11.6 Å². The van der Waals surface area contributed by atoms with Crippen molar-refractivity contribution in [3.63, 3.8) is 0 Å². The van der Waals surface area contributed by atoms with Gasteiger partial charge in [-0.3, -0.25) is 9.48 Å². The first-order chi connectivity index (χ1) is 12.9. The second-order valence-corrected chi connectivity index (χ2v) is 7.29. The van der Waals surface area contributed by atoms with Crippen LogP contribution in [0.25, 0.3) is 0 Å². The number of hydrogen-bond acceptors (Lipinski definition) is 3. The molecule has 2 heterocycles. The zero-order chi connectivity index (χ0) is 19.6. The van der Waals surface area contributed by atoms with Crippen molar-refractivity contribution in [2.45, 2.75) is 52.1 Å². The first-order valence-electron chi connectivity index (χ1n) is 9.47. The van der Waals surface area contributed by atoms with E-state index < -0.39 is 11.6 Å². The SMILES string of the molecule is CCn1nc(C(C)C)cc1C(=O)N1CCCC(Nc2ccc(F)c(F)c2)C1. The van der Waals surface area contributed by atoms with Gasteiger partial charge in [0.05, 0.1) is 5.69 Å². The molecule has 27 heavy (non-hydrogen) atoms. The van der Waals surface area contributed by atoms with Crippen molar-refractivity contribution in [1.82, 2.24) is 14.7 Å². The predicted molar refractivity (Wildman–Crippen MR) is 101 cm³/mol. The highest BCUT2D eigenvalue weighted by Crippen LogP contribution is 2.21. The van der Waals surface area contributed by atoms with Crippen LogP contribution in [0.1, 0.15) is 55.7 Å². The average molecular weight is 376 g/mol. The number of aromatic nitrogens is 2. The Morgan fingerprint density at radius 1 is 1.30 bits per heavy atom. The number of piperidine rings is 1. The third kappa shape index (κ3) is 4.28. The fraction of sp³-hybridized carbons (Fsp3) is 0.500. The lowest BCUT2D eigenvalue weighted by Gasteiger charge is -2.33. The Kier molecular flexibility index (Phi) is 5.77. The molecule has 1 aromatic heterocycles. The van der Waals surface area contributed by atoms with E-state index in [2.05, 4.69) is 24.3 Å². The van der Waals surface area contributed by atoms with Crippen molar-refractivity contribution < 1.29 is 13.6 Å². The Hall–Kier alpha value is -2.44. The monoisotopic (exact) mass is 376 g/mol. The van der Waals surface area contributed by atoms with E-state index in [4.69, 9.17) is 0 Å². The summed E-state index contributed by atoms with van der Waals surface area (Å²) in [4.78, 5) is 14.9. The molecule has 7 heteroatoms. The summed E-state index contributed by atoms with van der Waals surface area (Å²) in [5.41, 5.74) is 2.04. The maximum atomic E-state index is 13.4. The highest BCUT2D eigenvalue weighted by molar-refractivity contribution is 5.93. The molecule has 1 N–H and O–H groups in total. The molecule has 5 nitrogen and oxygen atoms in total. The number of halogens is 2. The Morgan fingerprint density at radius 3 is 2.74 bits per heavy atom. The van der Waals surface area contributed by atoms with E-state index in [1.54, 1.807) is 4.68 Å². The zero-order valence-electron chi connectivity index (χ0n) is 16.0. The summed E-state index contributed by atoms with van der Waals surface area (Å²) in [7, 11) is 0. The summed E-state index contributed by atoms with van der Waals surface area (Å²) in [5, 5.41) is 7.74. The van der Waals surface area contributed by atoms with Crippen molar-refractivity contribution >= 4 is 11.6 Å². The van der Waals surface area contributed by atoms with Gasteiger partial charge in [-0.05, 0) is 43.9 Å². The molecule has 146 valence electrons. The molecule has 0 bridgehead atoms. The standard InChI is InChI=1S/C20H26F2N4O/c1-4-26-19(11-18(24-26)13(2)3)20(27)25-9-5-6-15(12-25)23-14-7-8-16(21)17(22)10-14/h7-8,10-11,13,15,23H,4-6,9,12H2,1-3H3. The van der Waals surface area contributed by atoms with Gasteiger partial charge in [-0.2, -0.15) is 5.10 Å². The van der Waals surface area contributed by atoms with E-state index in [9.17, 15) is 13.6 Å². The molecule has 1 aromatic carbocycles. The van der Waals surface area contributed by atoms with Gasteiger partial charge in [0, 0.05) is 37.4 Å². The molecule has 1 aliphatic heterocycles. The van der Waals surface area contributed by atoms with Crippen LogP contribution in [0.4, 0.5) is 14.5 Å². The topological polar surface area (TPSA) is 50.2 Å². The van der Waals surface area contributed by atoms with Crippen molar-refractivity contribution in [1.29, 1.82) is 0 Å². The Morgan fingerprint density at radius 2 is 2.07 bits per heavy atom. The third-order valence-electron chi connectivity index (χ3n) is 4.91. The molecule has 0 spiro atoms. The second kappa shape index (κ2) is 8.06. The summed E-state index contributed by atoms with van der Waals surface area (Å²) >= 11 is 0. The zero-order valence-corrected chi connectivity index (χ0v) is 16.0. The van der Waals surface area contributed by atoms with Gasteiger partial charge >= 0.3 is 0 Å². The molecule has 1 aliphatic rings. The quantitative estimate of drug-likeness (QED) is 0.857. The number of anilines is 1. The van der Waals surface area contributed by atoms with Gasteiger partial charge in [-0.1, -0.05) is 13.8 Å². The Labute approximate surface area is 158 Å². The van der Waals surface area contributed by atoms with Crippen LogP contribution in [0.2, 0.25) is 0 Å². The maximum absolute atomic E-state index is 13.4. The average Bonchev–Trinajstić information content (AvgIpc) is 3.09. The molecule has 0 radical (unpaired) electrons. The molecule has 1 saturated heterocycles. The van der Waals surface area contributed by atoms with Gasteiger partial charge in [0.15, 0.2) is 11.6 Å². The normalized spacial score (nSPS) is 17.4. The van der Waals surface area contributed by atoms with Crippen LogP contribution in [0.3, 0.4) is 0 Å². The van der Waals surface area contributed by atoms with Gasteiger partial charge in [-0.15, -0.1) is 0 Å². The summed E-state index contributed by atoms with van der Waals surface area (Å²) in [6.45, 7) is 7.92. The number of carbonyl (C=O) groups is 1. The summed E-state index contributed by atoms with van der Waals surface area (Å²) < 4.78 is 28.3. The maximum Gasteiger partial charge on any atom is 0.272 e. The van der Waals surface area contributed by atoms with Gasteiger partial charge in [0.1, 0.15) is 5.69 Å². The summed E-state index contributed by atoms with van der Waals surface area (Å²) in [6.07, 6.45) is 1.72. The number of likely N-dealkylation sites (tertiary alicyclic amines) is 1. The first kappa shape index (κ1) is 19.3. The first-order valence-corrected chi connectivity index (χ1v) is 9.47. The van der Waals surface area contributed by atoms with Crippen molar-refractivity contribution in [3.05, 3.63) is 47.3 Å². The lowest BCUT2D eigenvalue weighted by atomic mass is 10.0. The summed E-state index contributed by atoms with van der Waals surface area (Å²) in [5.74, 6) is -1.52. The third-order valence-corrected chi connectivity index (χ3v) is 4.91. The number of nitrogens with one attached hydrogen (secondary N) is 1. The fourth-order valence-electron chi connectivity index (χ4n) is 3.40. The predicted octanol–water partition coefficient (Wildman–Crippen LogP) is 4.02. The number of carbonyl (C=O) groups excluding carboxylic acids is 1. The molecule has 2 aromatic rings. The van der Waals surface area contributed by atoms with Gasteiger partial charge < -0.3 is 10.2 Å². The lowest BCUT2D eigenvalue weighted by Crippen LogP contribution is -2.45. The molecular formula is C20H26F2N4O. The van der Waals surface area contributed by atoms with Crippen molar-refractivity contribution in [3.8, 4) is 0 Å². The second-order valence-electron chi connectivity index (χ2n) is 7.29. The molecule has 1 amide bonds. The Bertz CT molecular complexity index is 818. The van der Waals surface area contributed by atoms with E-state index in [0.717, 1.165) is 30.7 Å². The van der Waals surface area contributed by atoms with Crippen LogP contribution in [-0.4, -0.2) is 39.7 Å². The van der Waals surface area contributed by atoms with Gasteiger partial charge in [-0.25, -0.2) is 8.78 Å². The van der Waals surface area contributed by atoms with E-state index in [1.165, 1.54) is 6.07 Å². The number of amides is 1. The number of nitrogens with zero attached hydrogens (tertiary/aromatic N) is 3. The number of benzene rings is 1. The molecule has 3 rings (SSSR count). The van der Waals surface area contributed by atoms with Crippen LogP contribution < -0.4 is 5.32 Å². The number of hydrogen-bond donors (Lipinski definition) is 1. The largest absolute Gasteiger partial charge is 0.380 e. The van der Waals surface area contributed by atoms with E-state index in [1.807, 2.05) is 17.9 Å². The van der Waals surface area contributed by atoms with E-state index in [0.29, 0.717) is 31.0 Å². The van der Waals surface area contributed by atoms with Gasteiger partial charge in [0.2, 0.25) is 0 Å². The smallest absolute Gasteiger partial charge is 0.272 e. The van der Waals surface area contributed by atoms with Crippen LogP contribution >= 0.6 is 0 Å². The van der Waals surface area contributed by atoms with E-state index >= 15 is 0 Å². The minimum atomic E-state index is -0.878. The highest BCUT2D eigenvalue weighted by atomic mass is 19.2. The van der Waals surface area contributed by atoms with Crippen molar-refractivity contribution in [2.24, 2.45) is 0 Å². The number of rotatable bonds is 5. The molecular weight excluding hydrogens is 350 g/mol. The molecule has 1 atom stereocenters. The Balaban J connectivity index is 1.72. The lowest BCUT2D eigenvalue weighted by molar-refractivity contribution is 0.0702. The van der Waals surface area contributed by atoms with Crippen LogP contribution in [0.5, 0.6) is 0 Å². The van der Waals surface area contributed by atoms with E-state index in [-0.39, 0.29) is 17.9 Å². The van der Waals surface area contributed by atoms with Gasteiger partial charge in [0.25, 0.3) is 5.91 Å². The molecule has 0 aliphatic carbocycles. The van der Waals surface area contributed by atoms with Crippen LogP contribution in [-0.2, 0) is 6.54 Å².